The van der Waals surface area contributed by atoms with Crippen LogP contribution in [0.4, 0.5) is 0 Å². The third kappa shape index (κ3) is 3.93. The van der Waals surface area contributed by atoms with E-state index in [0.29, 0.717) is 0 Å². The van der Waals surface area contributed by atoms with Crippen molar-refractivity contribution in [2.45, 2.75) is 51.2 Å². The van der Waals surface area contributed by atoms with E-state index in [4.69, 9.17) is 0 Å². The van der Waals surface area contributed by atoms with Gasteiger partial charge in [0.15, 0.2) is 0 Å². The Morgan fingerprint density at radius 2 is 1.83 bits per heavy atom. The van der Waals surface area contributed by atoms with E-state index >= 15 is 0 Å². The molecule has 2 fully saturated rings. The summed E-state index contributed by atoms with van der Waals surface area (Å²) in [5.74, 6) is 0. The van der Waals surface area contributed by atoms with Crippen molar-refractivity contribution in [1.82, 2.24) is 14.4 Å². The molecule has 4 heteroatoms. The zero-order valence-electron chi connectivity index (χ0n) is 14.6. The SMILES string of the molecule is c1csc(Cn2cccc2CN2CCCC(N3CCCC3)CC2)c1. The van der Waals surface area contributed by atoms with Crippen LogP contribution < -0.4 is 0 Å². The van der Waals surface area contributed by atoms with Gasteiger partial charge in [0.25, 0.3) is 0 Å². The number of thiophene rings is 1. The molecule has 0 aromatic carbocycles. The van der Waals surface area contributed by atoms with E-state index in [1.165, 1.54) is 68.9 Å². The third-order valence-corrected chi connectivity index (χ3v) is 6.52. The molecule has 0 N–H and O–H groups in total. The summed E-state index contributed by atoms with van der Waals surface area (Å²) in [7, 11) is 0. The fourth-order valence-electron chi connectivity index (χ4n) is 4.32. The summed E-state index contributed by atoms with van der Waals surface area (Å²) in [6.45, 7) is 7.32. The van der Waals surface area contributed by atoms with Crippen molar-refractivity contribution >= 4 is 11.3 Å². The Balaban J connectivity index is 1.35. The van der Waals surface area contributed by atoms with Gasteiger partial charge in [0.2, 0.25) is 0 Å². The average Bonchev–Trinajstić information content (AvgIpc) is 3.32. The fraction of sp³-hybridized carbons (Fsp3) is 0.600. The summed E-state index contributed by atoms with van der Waals surface area (Å²) in [5.41, 5.74) is 1.46. The van der Waals surface area contributed by atoms with Crippen molar-refractivity contribution in [3.05, 3.63) is 46.4 Å². The molecule has 2 aromatic heterocycles. The molecule has 2 aromatic rings. The lowest BCUT2D eigenvalue weighted by molar-refractivity contribution is 0.212. The van der Waals surface area contributed by atoms with Gasteiger partial charge < -0.3 is 9.47 Å². The first-order valence-corrected chi connectivity index (χ1v) is 10.4. The molecule has 0 bridgehead atoms. The summed E-state index contributed by atoms with van der Waals surface area (Å²) in [6.07, 6.45) is 9.16. The second-order valence-electron chi connectivity index (χ2n) is 7.31. The summed E-state index contributed by atoms with van der Waals surface area (Å²) >= 11 is 1.85. The maximum Gasteiger partial charge on any atom is 0.0566 e. The number of hydrogen-bond acceptors (Lipinski definition) is 3. The molecule has 0 radical (unpaired) electrons. The summed E-state index contributed by atoms with van der Waals surface area (Å²) in [4.78, 5) is 6.87. The van der Waals surface area contributed by atoms with Gasteiger partial charge in [-0.2, -0.15) is 0 Å². The van der Waals surface area contributed by atoms with Crippen LogP contribution in [0, 0.1) is 0 Å². The lowest BCUT2D eigenvalue weighted by atomic mass is 10.1. The largest absolute Gasteiger partial charge is 0.345 e. The van der Waals surface area contributed by atoms with Crippen LogP contribution in [-0.4, -0.2) is 46.6 Å². The van der Waals surface area contributed by atoms with Crippen molar-refractivity contribution in [3.63, 3.8) is 0 Å². The highest BCUT2D eigenvalue weighted by Crippen LogP contribution is 2.22. The first-order valence-electron chi connectivity index (χ1n) is 9.51. The highest BCUT2D eigenvalue weighted by molar-refractivity contribution is 7.09. The molecular weight excluding hydrogens is 314 g/mol. The van der Waals surface area contributed by atoms with Crippen LogP contribution in [0.2, 0.25) is 0 Å². The lowest BCUT2D eigenvalue weighted by Gasteiger charge is -2.26. The van der Waals surface area contributed by atoms with E-state index in [9.17, 15) is 0 Å². The highest BCUT2D eigenvalue weighted by Gasteiger charge is 2.24. The smallest absolute Gasteiger partial charge is 0.0566 e. The first-order chi connectivity index (χ1) is 11.9. The Kier molecular flexibility index (Phi) is 5.36. The monoisotopic (exact) mass is 343 g/mol. The molecule has 4 heterocycles. The minimum Gasteiger partial charge on any atom is -0.345 e. The summed E-state index contributed by atoms with van der Waals surface area (Å²) < 4.78 is 2.43. The molecule has 4 rings (SSSR count). The molecule has 0 saturated carbocycles. The predicted octanol–water partition coefficient (Wildman–Crippen LogP) is 4.05. The second kappa shape index (κ2) is 7.85. The van der Waals surface area contributed by atoms with Gasteiger partial charge in [-0.15, -0.1) is 11.3 Å². The maximum absolute atomic E-state index is 2.75. The molecule has 2 aliphatic heterocycles. The Hall–Kier alpha value is -1.10. The molecule has 0 spiro atoms. The zero-order valence-corrected chi connectivity index (χ0v) is 15.4. The third-order valence-electron chi connectivity index (χ3n) is 5.66. The van der Waals surface area contributed by atoms with Crippen LogP contribution in [-0.2, 0) is 13.1 Å². The Morgan fingerprint density at radius 1 is 0.917 bits per heavy atom. The van der Waals surface area contributed by atoms with Crippen molar-refractivity contribution in [2.75, 3.05) is 26.2 Å². The van der Waals surface area contributed by atoms with Gasteiger partial charge in [0.05, 0.1) is 6.54 Å². The van der Waals surface area contributed by atoms with Gasteiger partial charge in [-0.05, 0) is 75.3 Å². The van der Waals surface area contributed by atoms with Crippen LogP contribution in [0.3, 0.4) is 0 Å². The molecule has 2 saturated heterocycles. The number of aromatic nitrogens is 1. The van der Waals surface area contributed by atoms with Gasteiger partial charge in [-0.3, -0.25) is 4.90 Å². The van der Waals surface area contributed by atoms with Crippen LogP contribution in [0.25, 0.3) is 0 Å². The number of likely N-dealkylation sites (tertiary alicyclic amines) is 2. The normalized spacial score (nSPS) is 23.6. The van der Waals surface area contributed by atoms with Gasteiger partial charge in [-0.25, -0.2) is 0 Å². The molecule has 0 aliphatic carbocycles. The molecule has 130 valence electrons. The van der Waals surface area contributed by atoms with Crippen LogP contribution in [0.1, 0.15) is 42.7 Å². The Morgan fingerprint density at radius 3 is 2.67 bits per heavy atom. The van der Waals surface area contributed by atoms with Crippen molar-refractivity contribution in [2.24, 2.45) is 0 Å². The fourth-order valence-corrected chi connectivity index (χ4v) is 5.02. The van der Waals surface area contributed by atoms with Crippen LogP contribution in [0.15, 0.2) is 35.8 Å². The molecular formula is C20H29N3S. The lowest BCUT2D eigenvalue weighted by Crippen LogP contribution is -2.33. The van der Waals surface area contributed by atoms with Crippen LogP contribution >= 0.6 is 11.3 Å². The van der Waals surface area contributed by atoms with E-state index < -0.39 is 0 Å². The summed E-state index contributed by atoms with van der Waals surface area (Å²) in [5, 5.41) is 2.17. The Labute approximate surface area is 149 Å². The van der Waals surface area contributed by atoms with Gasteiger partial charge in [-0.1, -0.05) is 6.07 Å². The van der Waals surface area contributed by atoms with E-state index in [2.05, 4.69) is 50.2 Å². The van der Waals surface area contributed by atoms with Crippen LogP contribution in [0.5, 0.6) is 0 Å². The maximum atomic E-state index is 2.75. The van der Waals surface area contributed by atoms with Crippen molar-refractivity contribution < 1.29 is 0 Å². The van der Waals surface area contributed by atoms with Crippen molar-refractivity contribution in [1.29, 1.82) is 0 Å². The van der Waals surface area contributed by atoms with E-state index in [1.807, 2.05) is 11.3 Å². The molecule has 2 aliphatic rings. The minimum atomic E-state index is 0.843. The quantitative estimate of drug-likeness (QED) is 0.811. The molecule has 3 nitrogen and oxygen atoms in total. The van der Waals surface area contributed by atoms with Gasteiger partial charge in [0.1, 0.15) is 0 Å². The number of nitrogens with zero attached hydrogens (tertiary/aromatic N) is 3. The minimum absolute atomic E-state index is 0.843. The average molecular weight is 344 g/mol. The highest BCUT2D eigenvalue weighted by atomic mass is 32.1. The summed E-state index contributed by atoms with van der Waals surface area (Å²) in [6, 6.07) is 9.73. The Bertz CT molecular complexity index is 613. The van der Waals surface area contributed by atoms with E-state index in [-0.39, 0.29) is 0 Å². The van der Waals surface area contributed by atoms with Gasteiger partial charge in [0, 0.05) is 35.9 Å². The second-order valence-corrected chi connectivity index (χ2v) is 8.34. The molecule has 1 atom stereocenters. The topological polar surface area (TPSA) is 11.4 Å². The number of hydrogen-bond donors (Lipinski definition) is 0. The van der Waals surface area contributed by atoms with E-state index in [1.54, 1.807) is 0 Å². The van der Waals surface area contributed by atoms with E-state index in [0.717, 1.165) is 19.1 Å². The molecule has 1 unspecified atom stereocenters. The number of rotatable bonds is 5. The predicted molar refractivity (Wildman–Crippen MR) is 102 cm³/mol. The van der Waals surface area contributed by atoms with Gasteiger partial charge >= 0.3 is 0 Å². The molecule has 0 amide bonds. The first kappa shape index (κ1) is 16.4. The van der Waals surface area contributed by atoms with Crippen molar-refractivity contribution in [3.8, 4) is 0 Å². The molecule has 24 heavy (non-hydrogen) atoms. The zero-order chi connectivity index (χ0) is 16.2. The standard InChI is InChI=1S/C20H29N3S/c1-2-12-22(11-1)18-6-3-10-21(14-9-18)16-19-7-4-13-23(19)17-20-8-5-15-24-20/h4-5,7-8,13,15,18H,1-3,6,9-12,14,16-17H2.